The van der Waals surface area contributed by atoms with Crippen LogP contribution in [0.2, 0.25) is 0 Å². The number of benzene rings is 1. The van der Waals surface area contributed by atoms with E-state index in [9.17, 15) is 9.18 Å². The molecule has 0 aliphatic rings. The smallest absolute Gasteiger partial charge is 0.239 e. The molecule has 0 saturated heterocycles. The number of hydrogen-bond donors (Lipinski definition) is 1. The third-order valence-electron chi connectivity index (χ3n) is 3.37. The van der Waals surface area contributed by atoms with Crippen LogP contribution in [0.1, 0.15) is 39.3 Å². The van der Waals surface area contributed by atoms with E-state index in [1.807, 2.05) is 27.7 Å². The van der Waals surface area contributed by atoms with E-state index >= 15 is 0 Å². The van der Waals surface area contributed by atoms with Gasteiger partial charge in [0, 0.05) is 29.2 Å². The van der Waals surface area contributed by atoms with Gasteiger partial charge in [0.05, 0.1) is 6.04 Å². The molecule has 1 rings (SSSR count). The molecule has 0 saturated carbocycles. The molecule has 0 spiro atoms. The molecular formula is C15H22BrFN2O. The van der Waals surface area contributed by atoms with Crippen molar-refractivity contribution >= 4 is 21.8 Å². The van der Waals surface area contributed by atoms with Crippen molar-refractivity contribution in [2.45, 2.75) is 39.8 Å². The van der Waals surface area contributed by atoms with Gasteiger partial charge < -0.3 is 4.90 Å². The number of amides is 1. The molecule has 0 aromatic heterocycles. The average Bonchev–Trinajstić information content (AvgIpc) is 2.42. The van der Waals surface area contributed by atoms with Crippen LogP contribution >= 0.6 is 15.9 Å². The Kier molecular flexibility index (Phi) is 6.62. The van der Waals surface area contributed by atoms with Crippen LogP contribution in [-0.2, 0) is 4.79 Å². The number of carbonyl (C=O) groups is 1. The Labute approximate surface area is 128 Å². The zero-order valence-corrected chi connectivity index (χ0v) is 14.0. The summed E-state index contributed by atoms with van der Waals surface area (Å²) in [6.07, 6.45) is 0. The summed E-state index contributed by atoms with van der Waals surface area (Å²) < 4.78 is 14.6. The standard InChI is InChI=1S/C15H22BrFN2O/c1-5-19(6-2)15(20)11(4)18-10(3)13-9-12(16)7-8-14(13)17/h7-11,18H,5-6H2,1-4H3. The van der Waals surface area contributed by atoms with Gasteiger partial charge in [-0.05, 0) is 45.9 Å². The number of hydrogen-bond acceptors (Lipinski definition) is 2. The van der Waals surface area contributed by atoms with Crippen molar-refractivity contribution in [2.24, 2.45) is 0 Å². The largest absolute Gasteiger partial charge is 0.342 e. The van der Waals surface area contributed by atoms with E-state index in [-0.39, 0.29) is 23.8 Å². The van der Waals surface area contributed by atoms with Gasteiger partial charge in [-0.3, -0.25) is 10.1 Å². The number of nitrogens with zero attached hydrogens (tertiary/aromatic N) is 1. The first kappa shape index (κ1) is 17.1. The van der Waals surface area contributed by atoms with Crippen LogP contribution in [0.5, 0.6) is 0 Å². The van der Waals surface area contributed by atoms with Crippen molar-refractivity contribution in [1.82, 2.24) is 10.2 Å². The normalized spacial score (nSPS) is 13.9. The highest BCUT2D eigenvalue weighted by Crippen LogP contribution is 2.22. The van der Waals surface area contributed by atoms with Crippen molar-refractivity contribution < 1.29 is 9.18 Å². The van der Waals surface area contributed by atoms with Crippen molar-refractivity contribution in [3.8, 4) is 0 Å². The second-order valence-electron chi connectivity index (χ2n) is 4.79. The molecule has 1 amide bonds. The Hall–Kier alpha value is -0.940. The van der Waals surface area contributed by atoms with Crippen molar-refractivity contribution in [2.75, 3.05) is 13.1 Å². The fraction of sp³-hybridized carbons (Fsp3) is 0.533. The van der Waals surface area contributed by atoms with Gasteiger partial charge in [-0.25, -0.2) is 4.39 Å². The molecule has 5 heteroatoms. The molecule has 1 aromatic rings. The van der Waals surface area contributed by atoms with E-state index in [4.69, 9.17) is 0 Å². The van der Waals surface area contributed by atoms with Gasteiger partial charge in [-0.2, -0.15) is 0 Å². The van der Waals surface area contributed by atoms with Gasteiger partial charge in [-0.1, -0.05) is 15.9 Å². The third kappa shape index (κ3) is 4.28. The first-order valence-electron chi connectivity index (χ1n) is 6.90. The molecule has 1 aromatic carbocycles. The van der Waals surface area contributed by atoms with Crippen LogP contribution in [0.25, 0.3) is 0 Å². The summed E-state index contributed by atoms with van der Waals surface area (Å²) in [6, 6.07) is 4.25. The lowest BCUT2D eigenvalue weighted by molar-refractivity contribution is -0.132. The highest BCUT2D eigenvalue weighted by molar-refractivity contribution is 9.10. The van der Waals surface area contributed by atoms with Crippen LogP contribution in [0, 0.1) is 5.82 Å². The van der Waals surface area contributed by atoms with Crippen molar-refractivity contribution in [3.05, 3.63) is 34.1 Å². The maximum absolute atomic E-state index is 13.8. The van der Waals surface area contributed by atoms with Gasteiger partial charge >= 0.3 is 0 Å². The summed E-state index contributed by atoms with van der Waals surface area (Å²) in [4.78, 5) is 13.9. The van der Waals surface area contributed by atoms with Gasteiger partial charge in [0.2, 0.25) is 5.91 Å². The predicted molar refractivity (Wildman–Crippen MR) is 83.0 cm³/mol. The van der Waals surface area contributed by atoms with Crippen LogP contribution in [-0.4, -0.2) is 29.9 Å². The molecular weight excluding hydrogens is 323 g/mol. The maximum Gasteiger partial charge on any atom is 0.239 e. The summed E-state index contributed by atoms with van der Waals surface area (Å²) in [7, 11) is 0. The molecule has 0 aliphatic heterocycles. The number of likely N-dealkylation sites (N-methyl/N-ethyl adjacent to an activating group) is 1. The monoisotopic (exact) mass is 344 g/mol. The molecule has 0 fully saturated rings. The fourth-order valence-corrected chi connectivity index (χ4v) is 2.57. The minimum absolute atomic E-state index is 0.0391. The van der Waals surface area contributed by atoms with Crippen molar-refractivity contribution in [3.63, 3.8) is 0 Å². The minimum Gasteiger partial charge on any atom is -0.342 e. The molecule has 1 N–H and O–H groups in total. The van der Waals surface area contributed by atoms with E-state index in [1.54, 1.807) is 17.0 Å². The Balaban J connectivity index is 2.77. The van der Waals surface area contributed by atoms with Crippen LogP contribution in [0.15, 0.2) is 22.7 Å². The first-order valence-corrected chi connectivity index (χ1v) is 7.69. The molecule has 2 unspecified atom stereocenters. The average molecular weight is 345 g/mol. The van der Waals surface area contributed by atoms with Gasteiger partial charge in [0.25, 0.3) is 0 Å². The summed E-state index contributed by atoms with van der Waals surface area (Å²) in [5, 5.41) is 3.16. The first-order chi connectivity index (χ1) is 9.40. The summed E-state index contributed by atoms with van der Waals surface area (Å²) >= 11 is 3.34. The van der Waals surface area contributed by atoms with Gasteiger partial charge in [0.15, 0.2) is 0 Å². The SMILES string of the molecule is CCN(CC)C(=O)C(C)NC(C)c1cc(Br)ccc1F. The minimum atomic E-state index is -0.344. The third-order valence-corrected chi connectivity index (χ3v) is 3.86. The van der Waals surface area contributed by atoms with E-state index in [2.05, 4.69) is 21.2 Å². The Morgan fingerprint density at radius 1 is 1.35 bits per heavy atom. The number of carbonyl (C=O) groups excluding carboxylic acids is 1. The number of rotatable bonds is 6. The highest BCUT2D eigenvalue weighted by Gasteiger charge is 2.21. The molecule has 0 heterocycles. The summed E-state index contributed by atoms with van der Waals surface area (Å²) in [6.45, 7) is 8.93. The van der Waals surface area contributed by atoms with Crippen LogP contribution in [0.4, 0.5) is 4.39 Å². The molecule has 112 valence electrons. The molecule has 3 nitrogen and oxygen atoms in total. The lowest BCUT2D eigenvalue weighted by Gasteiger charge is -2.26. The Bertz CT molecular complexity index is 463. The summed E-state index contributed by atoms with van der Waals surface area (Å²) in [5.41, 5.74) is 0.554. The second kappa shape index (κ2) is 7.74. The van der Waals surface area contributed by atoms with E-state index in [0.717, 1.165) is 4.47 Å². The zero-order valence-electron chi connectivity index (χ0n) is 12.4. The van der Waals surface area contributed by atoms with Gasteiger partial charge in [-0.15, -0.1) is 0 Å². The maximum atomic E-state index is 13.8. The Morgan fingerprint density at radius 2 is 1.95 bits per heavy atom. The van der Waals surface area contributed by atoms with E-state index in [1.165, 1.54) is 6.07 Å². The molecule has 2 atom stereocenters. The summed E-state index contributed by atoms with van der Waals surface area (Å²) in [5.74, 6) is -0.229. The quantitative estimate of drug-likeness (QED) is 0.856. The lowest BCUT2D eigenvalue weighted by atomic mass is 10.1. The highest BCUT2D eigenvalue weighted by atomic mass is 79.9. The second-order valence-corrected chi connectivity index (χ2v) is 5.70. The zero-order chi connectivity index (χ0) is 15.3. The molecule has 0 aliphatic carbocycles. The number of halogens is 2. The van der Waals surface area contributed by atoms with Crippen molar-refractivity contribution in [1.29, 1.82) is 0 Å². The van der Waals surface area contributed by atoms with E-state index in [0.29, 0.717) is 18.7 Å². The molecule has 0 bridgehead atoms. The number of nitrogens with one attached hydrogen (secondary N) is 1. The lowest BCUT2D eigenvalue weighted by Crippen LogP contribution is -2.45. The predicted octanol–water partition coefficient (Wildman–Crippen LogP) is 3.50. The Morgan fingerprint density at radius 3 is 2.50 bits per heavy atom. The molecule has 20 heavy (non-hydrogen) atoms. The molecule has 0 radical (unpaired) electrons. The topological polar surface area (TPSA) is 32.3 Å². The van der Waals surface area contributed by atoms with Gasteiger partial charge in [0.1, 0.15) is 5.82 Å². The van der Waals surface area contributed by atoms with Crippen LogP contribution in [0.3, 0.4) is 0 Å². The van der Waals surface area contributed by atoms with Crippen LogP contribution < -0.4 is 5.32 Å². The fourth-order valence-electron chi connectivity index (χ4n) is 2.19. The van der Waals surface area contributed by atoms with E-state index < -0.39 is 0 Å².